The highest BCUT2D eigenvalue weighted by Gasteiger charge is 2.22. The van der Waals surface area contributed by atoms with Gasteiger partial charge in [0.25, 0.3) is 5.91 Å². The van der Waals surface area contributed by atoms with Crippen molar-refractivity contribution in [3.63, 3.8) is 0 Å². The molecule has 0 spiro atoms. The second-order valence-electron chi connectivity index (χ2n) is 5.55. The minimum atomic E-state index is -0.895. The minimum Gasteiger partial charge on any atom is -0.389 e. The summed E-state index contributed by atoms with van der Waals surface area (Å²) in [6.07, 6.45) is 0. The van der Waals surface area contributed by atoms with Crippen molar-refractivity contribution in [2.45, 2.75) is 33.3 Å². The molecule has 0 aliphatic rings. The van der Waals surface area contributed by atoms with Crippen LogP contribution in [0, 0.1) is 6.92 Å². The van der Waals surface area contributed by atoms with Gasteiger partial charge in [-0.25, -0.2) is 0 Å². The van der Waals surface area contributed by atoms with E-state index in [0.717, 1.165) is 17.8 Å². The number of carbonyl (C=O) groups excluding carboxylic acids is 1. The van der Waals surface area contributed by atoms with E-state index >= 15 is 0 Å². The van der Waals surface area contributed by atoms with Crippen molar-refractivity contribution in [3.8, 4) is 0 Å². The van der Waals surface area contributed by atoms with Crippen molar-refractivity contribution >= 4 is 11.6 Å². The Balaban J connectivity index is 2.98. The molecule has 0 atom stereocenters. The molecule has 0 bridgehead atoms. The molecule has 0 unspecified atom stereocenters. The van der Waals surface area contributed by atoms with Crippen LogP contribution in [0.1, 0.15) is 36.7 Å². The lowest BCUT2D eigenvalue weighted by molar-refractivity contribution is 0.0368. The van der Waals surface area contributed by atoms with Gasteiger partial charge in [-0.05, 0) is 45.4 Å². The van der Waals surface area contributed by atoms with Crippen molar-refractivity contribution in [3.05, 3.63) is 29.3 Å². The van der Waals surface area contributed by atoms with Crippen molar-refractivity contribution < 1.29 is 9.90 Å². The largest absolute Gasteiger partial charge is 0.389 e. The molecule has 1 rings (SSSR count). The smallest absolute Gasteiger partial charge is 0.255 e. The van der Waals surface area contributed by atoms with Crippen LogP contribution in [0.4, 0.5) is 5.69 Å². The maximum absolute atomic E-state index is 12.4. The summed E-state index contributed by atoms with van der Waals surface area (Å²) in [5, 5.41) is 13.0. The third-order valence-electron chi connectivity index (χ3n) is 2.74. The number of carbonyl (C=O) groups is 1. The van der Waals surface area contributed by atoms with Gasteiger partial charge in [-0.15, -0.1) is 0 Å². The molecular formula is C15H24N2O2. The fourth-order valence-corrected chi connectivity index (χ4v) is 2.04. The third kappa shape index (κ3) is 4.56. The number of nitrogens with zero attached hydrogens (tertiary/aromatic N) is 1. The zero-order chi connectivity index (χ0) is 14.6. The molecule has 0 radical (unpaired) electrons. The molecule has 1 amide bonds. The van der Waals surface area contributed by atoms with Crippen molar-refractivity contribution in [2.75, 3.05) is 25.5 Å². The minimum absolute atomic E-state index is 0.0851. The van der Waals surface area contributed by atoms with Crippen LogP contribution in [0.25, 0.3) is 0 Å². The maximum atomic E-state index is 12.4. The zero-order valence-corrected chi connectivity index (χ0v) is 12.4. The van der Waals surface area contributed by atoms with E-state index in [1.54, 1.807) is 25.8 Å². The van der Waals surface area contributed by atoms with Crippen molar-refractivity contribution in [1.82, 2.24) is 4.90 Å². The normalized spacial score (nSPS) is 11.3. The molecule has 0 fully saturated rings. The number of amides is 1. The van der Waals surface area contributed by atoms with Crippen LogP contribution >= 0.6 is 0 Å². The van der Waals surface area contributed by atoms with Gasteiger partial charge in [0.2, 0.25) is 0 Å². The molecule has 0 aliphatic heterocycles. The molecule has 0 saturated heterocycles. The summed E-state index contributed by atoms with van der Waals surface area (Å²) in [5.74, 6) is -0.0851. The fraction of sp³-hybridized carbons (Fsp3) is 0.533. The van der Waals surface area contributed by atoms with E-state index in [0.29, 0.717) is 12.1 Å². The first kappa shape index (κ1) is 15.5. The SMILES string of the molecule is CCNc1cc(C)ccc1C(=O)N(C)CC(C)(C)O. The van der Waals surface area contributed by atoms with Crippen LogP contribution in [-0.4, -0.2) is 41.7 Å². The molecule has 19 heavy (non-hydrogen) atoms. The number of hydrogen-bond donors (Lipinski definition) is 2. The molecule has 0 aromatic heterocycles. The van der Waals surface area contributed by atoms with Crippen LogP contribution in [0.2, 0.25) is 0 Å². The van der Waals surface area contributed by atoms with Gasteiger partial charge in [0.1, 0.15) is 0 Å². The average Bonchev–Trinajstić information content (AvgIpc) is 2.26. The first-order chi connectivity index (χ1) is 8.74. The molecular weight excluding hydrogens is 240 g/mol. The predicted molar refractivity (Wildman–Crippen MR) is 78.6 cm³/mol. The summed E-state index contributed by atoms with van der Waals surface area (Å²) in [4.78, 5) is 14.0. The van der Waals surface area contributed by atoms with E-state index in [4.69, 9.17) is 0 Å². The average molecular weight is 264 g/mol. The Morgan fingerprint density at radius 3 is 2.58 bits per heavy atom. The standard InChI is InChI=1S/C15H24N2O2/c1-6-16-13-9-11(2)7-8-12(13)14(18)17(5)10-15(3,4)19/h7-9,16,19H,6,10H2,1-5H3. The lowest BCUT2D eigenvalue weighted by atomic mass is 10.1. The van der Waals surface area contributed by atoms with Gasteiger partial charge in [-0.2, -0.15) is 0 Å². The van der Waals surface area contributed by atoms with Crippen LogP contribution in [0.15, 0.2) is 18.2 Å². The summed E-state index contributed by atoms with van der Waals surface area (Å²) >= 11 is 0. The van der Waals surface area contributed by atoms with Gasteiger partial charge < -0.3 is 15.3 Å². The number of anilines is 1. The van der Waals surface area contributed by atoms with Crippen LogP contribution in [-0.2, 0) is 0 Å². The zero-order valence-electron chi connectivity index (χ0n) is 12.4. The maximum Gasteiger partial charge on any atom is 0.255 e. The Labute approximate surface area is 115 Å². The summed E-state index contributed by atoms with van der Waals surface area (Å²) in [7, 11) is 1.70. The van der Waals surface area contributed by atoms with E-state index in [9.17, 15) is 9.90 Å². The lowest BCUT2D eigenvalue weighted by Crippen LogP contribution is -2.39. The van der Waals surface area contributed by atoms with E-state index in [1.165, 1.54) is 0 Å². The first-order valence-corrected chi connectivity index (χ1v) is 6.57. The number of rotatable bonds is 5. The van der Waals surface area contributed by atoms with Gasteiger partial charge in [0.05, 0.1) is 11.2 Å². The highest BCUT2D eigenvalue weighted by Crippen LogP contribution is 2.20. The summed E-state index contributed by atoms with van der Waals surface area (Å²) in [6, 6.07) is 5.72. The second kappa shape index (κ2) is 6.06. The van der Waals surface area contributed by atoms with E-state index in [-0.39, 0.29) is 5.91 Å². The number of nitrogens with one attached hydrogen (secondary N) is 1. The third-order valence-corrected chi connectivity index (χ3v) is 2.74. The summed E-state index contributed by atoms with van der Waals surface area (Å²) in [5.41, 5.74) is 1.69. The van der Waals surface area contributed by atoms with Gasteiger partial charge in [0, 0.05) is 25.8 Å². The Morgan fingerprint density at radius 2 is 2.05 bits per heavy atom. The molecule has 0 saturated carbocycles. The summed E-state index contributed by atoms with van der Waals surface area (Å²) in [6.45, 7) is 8.44. The van der Waals surface area contributed by atoms with Crippen molar-refractivity contribution in [1.29, 1.82) is 0 Å². The molecule has 0 aliphatic carbocycles. The molecule has 2 N–H and O–H groups in total. The van der Waals surface area contributed by atoms with Crippen molar-refractivity contribution in [2.24, 2.45) is 0 Å². The predicted octanol–water partition coefficient (Wildman–Crippen LogP) is 2.27. The Hall–Kier alpha value is -1.55. The molecule has 106 valence electrons. The van der Waals surface area contributed by atoms with Gasteiger partial charge in [0.15, 0.2) is 0 Å². The molecule has 4 nitrogen and oxygen atoms in total. The molecule has 4 heteroatoms. The molecule has 1 aromatic rings. The Kier molecular flexibility index (Phi) is 4.95. The topological polar surface area (TPSA) is 52.6 Å². The lowest BCUT2D eigenvalue weighted by Gasteiger charge is -2.26. The van der Waals surface area contributed by atoms with Gasteiger partial charge >= 0.3 is 0 Å². The number of likely N-dealkylation sites (N-methyl/N-ethyl adjacent to an activating group) is 1. The number of aliphatic hydroxyl groups is 1. The van der Waals surface area contributed by atoms with E-state index in [2.05, 4.69) is 5.32 Å². The quantitative estimate of drug-likeness (QED) is 0.858. The Morgan fingerprint density at radius 1 is 1.42 bits per heavy atom. The van der Waals surface area contributed by atoms with Gasteiger partial charge in [-0.3, -0.25) is 4.79 Å². The second-order valence-corrected chi connectivity index (χ2v) is 5.55. The van der Waals surface area contributed by atoms with Crippen LogP contribution in [0.5, 0.6) is 0 Å². The number of hydrogen-bond acceptors (Lipinski definition) is 3. The van der Waals surface area contributed by atoms with E-state index < -0.39 is 5.60 Å². The van der Waals surface area contributed by atoms with E-state index in [1.807, 2.05) is 32.0 Å². The molecule has 0 heterocycles. The highest BCUT2D eigenvalue weighted by atomic mass is 16.3. The van der Waals surface area contributed by atoms with Gasteiger partial charge in [-0.1, -0.05) is 6.07 Å². The highest BCUT2D eigenvalue weighted by molar-refractivity contribution is 5.99. The monoisotopic (exact) mass is 264 g/mol. The first-order valence-electron chi connectivity index (χ1n) is 6.57. The fourth-order valence-electron chi connectivity index (χ4n) is 2.04. The summed E-state index contributed by atoms with van der Waals surface area (Å²) < 4.78 is 0. The number of aryl methyl sites for hydroxylation is 1. The van der Waals surface area contributed by atoms with Crippen LogP contribution in [0.3, 0.4) is 0 Å². The Bertz CT molecular complexity index is 450. The number of benzene rings is 1. The molecule has 1 aromatic carbocycles. The van der Waals surface area contributed by atoms with Crippen LogP contribution < -0.4 is 5.32 Å².